The Balaban J connectivity index is 1.91. The van der Waals surface area contributed by atoms with Crippen LogP contribution in [0.2, 0.25) is 5.02 Å². The molecule has 1 aromatic rings. The lowest BCUT2D eigenvalue weighted by molar-refractivity contribution is 0.278. The summed E-state index contributed by atoms with van der Waals surface area (Å²) in [6.07, 6.45) is 0.447. The highest BCUT2D eigenvalue weighted by molar-refractivity contribution is 6.31. The van der Waals surface area contributed by atoms with Crippen molar-refractivity contribution in [2.75, 3.05) is 20.2 Å². The van der Waals surface area contributed by atoms with Crippen molar-refractivity contribution in [3.05, 3.63) is 34.9 Å². The molecule has 1 fully saturated rings. The van der Waals surface area contributed by atoms with E-state index in [0.29, 0.717) is 6.10 Å². The smallest absolute Gasteiger partial charge is 0.0936 e. The van der Waals surface area contributed by atoms with Crippen LogP contribution in [-0.4, -0.2) is 31.2 Å². The van der Waals surface area contributed by atoms with Crippen molar-refractivity contribution in [1.29, 1.82) is 0 Å². The van der Waals surface area contributed by atoms with E-state index in [2.05, 4.69) is 18.0 Å². The van der Waals surface area contributed by atoms with Crippen molar-refractivity contribution in [3.8, 4) is 0 Å². The maximum atomic E-state index is 6.06. The first-order valence-electron chi connectivity index (χ1n) is 4.79. The van der Waals surface area contributed by atoms with Crippen molar-refractivity contribution in [2.45, 2.75) is 12.6 Å². The monoisotopic (exact) mass is 211 g/mol. The first-order chi connectivity index (χ1) is 6.75. The lowest BCUT2D eigenvalue weighted by Gasteiger charge is -2.15. The van der Waals surface area contributed by atoms with Crippen molar-refractivity contribution in [3.63, 3.8) is 0 Å². The lowest BCUT2D eigenvalue weighted by atomic mass is 10.2. The highest BCUT2D eigenvalue weighted by Gasteiger charge is 2.23. The summed E-state index contributed by atoms with van der Waals surface area (Å²) in [6.45, 7) is 2.79. The van der Waals surface area contributed by atoms with Gasteiger partial charge in [0.1, 0.15) is 0 Å². The van der Waals surface area contributed by atoms with Gasteiger partial charge in [-0.1, -0.05) is 29.8 Å². The van der Waals surface area contributed by atoms with Gasteiger partial charge in [-0.25, -0.2) is 0 Å². The van der Waals surface area contributed by atoms with Gasteiger partial charge in [0.15, 0.2) is 0 Å². The minimum atomic E-state index is 0.447. The summed E-state index contributed by atoms with van der Waals surface area (Å²) in [7, 11) is 2.09. The molecule has 3 heteroatoms. The number of ether oxygens (including phenoxy) is 1. The van der Waals surface area contributed by atoms with E-state index in [1.807, 2.05) is 18.2 Å². The Bertz CT molecular complexity index is 312. The highest BCUT2D eigenvalue weighted by Crippen LogP contribution is 2.18. The summed E-state index contributed by atoms with van der Waals surface area (Å²) in [5, 5.41) is 0.844. The SMILES string of the molecule is CN(Cc1ccccc1Cl)CC1CO1. The molecule has 0 spiro atoms. The van der Waals surface area contributed by atoms with Crippen LogP contribution in [0.15, 0.2) is 24.3 Å². The molecule has 1 unspecified atom stereocenters. The summed E-state index contributed by atoms with van der Waals surface area (Å²) in [6, 6.07) is 7.96. The number of hydrogen-bond acceptors (Lipinski definition) is 2. The van der Waals surface area contributed by atoms with Crippen LogP contribution in [-0.2, 0) is 11.3 Å². The molecular formula is C11H14ClNO. The van der Waals surface area contributed by atoms with Crippen molar-refractivity contribution in [2.24, 2.45) is 0 Å². The molecule has 0 saturated carbocycles. The van der Waals surface area contributed by atoms with E-state index in [-0.39, 0.29) is 0 Å². The number of hydrogen-bond donors (Lipinski definition) is 0. The Kier molecular flexibility index (Phi) is 3.06. The maximum absolute atomic E-state index is 6.06. The zero-order valence-corrected chi connectivity index (χ0v) is 9.00. The summed E-state index contributed by atoms with van der Waals surface area (Å²) < 4.78 is 5.17. The molecular weight excluding hydrogens is 198 g/mol. The fraction of sp³-hybridized carbons (Fsp3) is 0.455. The van der Waals surface area contributed by atoms with Gasteiger partial charge in [0.2, 0.25) is 0 Å². The van der Waals surface area contributed by atoms with Gasteiger partial charge >= 0.3 is 0 Å². The average molecular weight is 212 g/mol. The van der Waals surface area contributed by atoms with Crippen LogP contribution in [0.5, 0.6) is 0 Å². The molecule has 14 heavy (non-hydrogen) atoms. The van der Waals surface area contributed by atoms with Crippen LogP contribution in [0.1, 0.15) is 5.56 Å². The van der Waals surface area contributed by atoms with E-state index in [0.717, 1.165) is 24.7 Å². The molecule has 1 saturated heterocycles. The number of epoxide rings is 1. The standard InChI is InChI=1S/C11H14ClNO/c1-13(7-10-8-14-10)6-9-4-2-3-5-11(9)12/h2-5,10H,6-8H2,1H3. The second kappa shape index (κ2) is 4.30. The minimum absolute atomic E-state index is 0.447. The second-order valence-corrected chi connectivity index (χ2v) is 4.15. The zero-order chi connectivity index (χ0) is 9.97. The first-order valence-corrected chi connectivity index (χ1v) is 5.17. The molecule has 1 aromatic carbocycles. The molecule has 76 valence electrons. The minimum Gasteiger partial charge on any atom is -0.372 e. The third-order valence-electron chi connectivity index (χ3n) is 2.32. The molecule has 1 heterocycles. The Hall–Kier alpha value is -0.570. The first kappa shape index (κ1) is 9.97. The molecule has 1 aliphatic heterocycles. The predicted octanol–water partition coefficient (Wildman–Crippen LogP) is 2.17. The molecule has 1 aliphatic rings. The van der Waals surface area contributed by atoms with Gasteiger partial charge < -0.3 is 4.74 Å². The van der Waals surface area contributed by atoms with Gasteiger partial charge in [-0.2, -0.15) is 0 Å². The molecule has 0 aliphatic carbocycles. The Morgan fingerprint density at radius 3 is 2.86 bits per heavy atom. The third kappa shape index (κ3) is 2.71. The van der Waals surface area contributed by atoms with Gasteiger partial charge in [0.25, 0.3) is 0 Å². The van der Waals surface area contributed by atoms with Gasteiger partial charge in [0, 0.05) is 18.1 Å². The van der Waals surface area contributed by atoms with Gasteiger partial charge in [0.05, 0.1) is 12.7 Å². The second-order valence-electron chi connectivity index (χ2n) is 3.74. The summed E-state index contributed by atoms with van der Waals surface area (Å²) in [5.74, 6) is 0. The van der Waals surface area contributed by atoms with Crippen molar-refractivity contribution < 1.29 is 4.74 Å². The number of halogens is 1. The third-order valence-corrected chi connectivity index (χ3v) is 2.68. The average Bonchev–Trinajstić information content (AvgIpc) is 2.93. The van der Waals surface area contributed by atoms with E-state index in [1.165, 1.54) is 5.56 Å². The summed E-state index contributed by atoms with van der Waals surface area (Å²) in [4.78, 5) is 2.24. The number of likely N-dealkylation sites (N-methyl/N-ethyl adjacent to an activating group) is 1. The van der Waals surface area contributed by atoms with Crippen LogP contribution in [0, 0.1) is 0 Å². The molecule has 2 nitrogen and oxygen atoms in total. The topological polar surface area (TPSA) is 15.8 Å². The van der Waals surface area contributed by atoms with E-state index in [4.69, 9.17) is 16.3 Å². The highest BCUT2D eigenvalue weighted by atomic mass is 35.5. The van der Waals surface area contributed by atoms with Crippen LogP contribution in [0.4, 0.5) is 0 Å². The molecule has 0 radical (unpaired) electrons. The molecule has 1 atom stereocenters. The fourth-order valence-corrected chi connectivity index (χ4v) is 1.70. The zero-order valence-electron chi connectivity index (χ0n) is 8.24. The van der Waals surface area contributed by atoms with Gasteiger partial charge in [-0.15, -0.1) is 0 Å². The predicted molar refractivity (Wildman–Crippen MR) is 57.5 cm³/mol. The number of nitrogens with zero attached hydrogens (tertiary/aromatic N) is 1. The van der Waals surface area contributed by atoms with E-state index in [9.17, 15) is 0 Å². The quantitative estimate of drug-likeness (QED) is 0.710. The van der Waals surface area contributed by atoms with E-state index >= 15 is 0 Å². The molecule has 0 amide bonds. The van der Waals surface area contributed by atoms with Crippen LogP contribution >= 0.6 is 11.6 Å². The Morgan fingerprint density at radius 1 is 1.50 bits per heavy atom. The van der Waals surface area contributed by atoms with Crippen LogP contribution in [0.3, 0.4) is 0 Å². The van der Waals surface area contributed by atoms with Crippen molar-refractivity contribution in [1.82, 2.24) is 4.90 Å². The van der Waals surface area contributed by atoms with Gasteiger partial charge in [-0.3, -0.25) is 4.90 Å². The number of rotatable bonds is 4. The number of benzene rings is 1. The Labute approximate surface area is 89.4 Å². The summed E-state index contributed by atoms with van der Waals surface area (Å²) in [5.41, 5.74) is 1.18. The van der Waals surface area contributed by atoms with E-state index < -0.39 is 0 Å². The summed E-state index contributed by atoms with van der Waals surface area (Å²) >= 11 is 6.06. The van der Waals surface area contributed by atoms with Crippen LogP contribution < -0.4 is 0 Å². The van der Waals surface area contributed by atoms with Gasteiger partial charge in [-0.05, 0) is 18.7 Å². The molecule has 2 rings (SSSR count). The normalized spacial score (nSPS) is 20.1. The Morgan fingerprint density at radius 2 is 2.21 bits per heavy atom. The van der Waals surface area contributed by atoms with E-state index in [1.54, 1.807) is 0 Å². The maximum Gasteiger partial charge on any atom is 0.0936 e. The van der Waals surface area contributed by atoms with Crippen molar-refractivity contribution >= 4 is 11.6 Å². The molecule has 0 bridgehead atoms. The molecule has 0 aromatic heterocycles. The largest absolute Gasteiger partial charge is 0.372 e. The molecule has 0 N–H and O–H groups in total. The lowest BCUT2D eigenvalue weighted by Crippen LogP contribution is -2.22. The fourth-order valence-electron chi connectivity index (χ4n) is 1.50. The van der Waals surface area contributed by atoms with Crippen LogP contribution in [0.25, 0.3) is 0 Å².